The SMILES string of the molecule is COC(=O)c1ccc(OC(OC(=O)N2CCCCC2)C(C)(C)C)c(S(=O)(=O)NC2CC2)c1. The zero-order valence-corrected chi connectivity index (χ0v) is 19.9. The molecule has 0 aromatic heterocycles. The molecule has 3 rings (SSSR count). The van der Waals surface area contributed by atoms with Gasteiger partial charge in [-0.05, 0) is 50.3 Å². The molecule has 178 valence electrons. The molecule has 9 nitrogen and oxygen atoms in total. The molecule has 1 aromatic carbocycles. The second-order valence-electron chi connectivity index (χ2n) is 9.30. The number of methoxy groups -OCH3 is 1. The number of piperidine rings is 1. The van der Waals surface area contributed by atoms with Gasteiger partial charge in [-0.3, -0.25) is 0 Å². The molecule has 1 heterocycles. The average Bonchev–Trinajstić information content (AvgIpc) is 3.56. The molecular formula is C22H32N2O7S. The fourth-order valence-electron chi connectivity index (χ4n) is 3.28. The van der Waals surface area contributed by atoms with E-state index < -0.39 is 33.8 Å². The van der Waals surface area contributed by atoms with Crippen LogP contribution in [0.1, 0.15) is 63.2 Å². The normalized spacial score (nSPS) is 18.1. The summed E-state index contributed by atoms with van der Waals surface area (Å²) < 4.78 is 45.0. The molecule has 1 N–H and O–H groups in total. The molecule has 10 heteroatoms. The highest BCUT2D eigenvalue weighted by atomic mass is 32.2. The second-order valence-corrected chi connectivity index (χ2v) is 11.0. The number of amides is 1. The number of hydrogen-bond donors (Lipinski definition) is 1. The van der Waals surface area contributed by atoms with Gasteiger partial charge in [-0.2, -0.15) is 0 Å². The number of benzene rings is 1. The first-order valence-corrected chi connectivity index (χ1v) is 12.4. The van der Waals surface area contributed by atoms with Crippen LogP contribution >= 0.6 is 0 Å². The fourth-order valence-corrected chi connectivity index (χ4v) is 4.74. The Morgan fingerprint density at radius 1 is 1.12 bits per heavy atom. The summed E-state index contributed by atoms with van der Waals surface area (Å²) in [5.41, 5.74) is -0.564. The number of carbonyl (C=O) groups is 2. The number of carbonyl (C=O) groups excluding carboxylic acids is 2. The van der Waals surface area contributed by atoms with E-state index in [1.165, 1.54) is 25.3 Å². The van der Waals surface area contributed by atoms with Gasteiger partial charge in [0, 0.05) is 24.5 Å². The lowest BCUT2D eigenvalue weighted by Crippen LogP contribution is -2.43. The topological polar surface area (TPSA) is 111 Å². The van der Waals surface area contributed by atoms with Gasteiger partial charge in [0.25, 0.3) is 6.29 Å². The summed E-state index contributed by atoms with van der Waals surface area (Å²) in [7, 11) is -2.74. The molecular weight excluding hydrogens is 436 g/mol. The average molecular weight is 469 g/mol. The maximum atomic E-state index is 13.0. The maximum Gasteiger partial charge on any atom is 0.412 e. The van der Waals surface area contributed by atoms with Crippen LogP contribution in [0.2, 0.25) is 0 Å². The third-order valence-electron chi connectivity index (χ3n) is 5.32. The predicted molar refractivity (Wildman–Crippen MR) is 117 cm³/mol. The zero-order valence-electron chi connectivity index (χ0n) is 19.0. The summed E-state index contributed by atoms with van der Waals surface area (Å²) in [6.45, 7) is 6.74. The van der Waals surface area contributed by atoms with Crippen LogP contribution in [0.4, 0.5) is 4.79 Å². The molecule has 2 fully saturated rings. The van der Waals surface area contributed by atoms with E-state index in [4.69, 9.17) is 14.2 Å². The highest BCUT2D eigenvalue weighted by Gasteiger charge is 2.36. The molecule has 1 aliphatic heterocycles. The summed E-state index contributed by atoms with van der Waals surface area (Å²) in [4.78, 5) is 26.1. The van der Waals surface area contributed by atoms with E-state index in [9.17, 15) is 18.0 Å². The van der Waals surface area contributed by atoms with E-state index in [0.29, 0.717) is 13.1 Å². The van der Waals surface area contributed by atoms with Crippen molar-refractivity contribution in [2.45, 2.75) is 70.1 Å². The standard InChI is InChI=1S/C22H32N2O7S/c1-22(2,3)20(31-21(26)24-12-6-5-7-13-24)30-17-11-8-15(19(25)29-4)14-18(17)32(27,28)23-16-9-10-16/h8,11,14,16,20,23H,5-7,9-10,12-13H2,1-4H3. The molecule has 0 radical (unpaired) electrons. The van der Waals surface area contributed by atoms with Crippen molar-refractivity contribution in [1.82, 2.24) is 9.62 Å². The smallest absolute Gasteiger partial charge is 0.412 e. The lowest BCUT2D eigenvalue weighted by molar-refractivity contribution is -0.110. The van der Waals surface area contributed by atoms with Crippen molar-refractivity contribution in [3.63, 3.8) is 0 Å². The quantitative estimate of drug-likeness (QED) is 0.483. The van der Waals surface area contributed by atoms with Gasteiger partial charge in [0.2, 0.25) is 10.0 Å². The van der Waals surface area contributed by atoms with Gasteiger partial charge in [0.05, 0.1) is 12.7 Å². The highest BCUT2D eigenvalue weighted by molar-refractivity contribution is 7.89. The molecule has 0 spiro atoms. The van der Waals surface area contributed by atoms with Crippen molar-refractivity contribution >= 4 is 22.1 Å². The molecule has 1 saturated heterocycles. The number of likely N-dealkylation sites (tertiary alicyclic amines) is 1. The Bertz CT molecular complexity index is 946. The van der Waals surface area contributed by atoms with E-state index in [2.05, 4.69) is 4.72 Å². The predicted octanol–water partition coefficient (Wildman–Crippen LogP) is 3.29. The Balaban J connectivity index is 1.90. The Labute approximate surface area is 189 Å². The number of hydrogen-bond acceptors (Lipinski definition) is 7. The van der Waals surface area contributed by atoms with Crippen LogP contribution in [0.25, 0.3) is 0 Å². The van der Waals surface area contributed by atoms with Gasteiger partial charge in [-0.1, -0.05) is 20.8 Å². The van der Waals surface area contributed by atoms with Crippen molar-refractivity contribution in [2.24, 2.45) is 5.41 Å². The number of nitrogens with one attached hydrogen (secondary N) is 1. The van der Waals surface area contributed by atoms with Gasteiger partial charge < -0.3 is 19.1 Å². The molecule has 1 aromatic rings. The van der Waals surface area contributed by atoms with Gasteiger partial charge in [-0.15, -0.1) is 0 Å². The Morgan fingerprint density at radius 2 is 1.78 bits per heavy atom. The van der Waals surface area contributed by atoms with Gasteiger partial charge >= 0.3 is 12.1 Å². The molecule has 1 unspecified atom stereocenters. The first-order valence-electron chi connectivity index (χ1n) is 10.9. The summed E-state index contributed by atoms with van der Waals surface area (Å²) in [6, 6.07) is 3.90. The van der Waals surface area contributed by atoms with Crippen molar-refractivity contribution in [3.8, 4) is 5.75 Å². The van der Waals surface area contributed by atoms with Crippen LogP contribution in [0.5, 0.6) is 5.75 Å². The van der Waals surface area contributed by atoms with Gasteiger partial charge in [0.1, 0.15) is 10.6 Å². The van der Waals surface area contributed by atoms with E-state index in [1.807, 2.05) is 20.8 Å². The Kier molecular flexibility index (Phi) is 7.34. The lowest BCUT2D eigenvalue weighted by Gasteiger charge is -2.34. The minimum Gasteiger partial charge on any atom is -0.465 e. The molecule has 1 amide bonds. The van der Waals surface area contributed by atoms with Crippen LogP contribution in [-0.4, -0.2) is 57.9 Å². The van der Waals surface area contributed by atoms with Gasteiger partial charge in [0.15, 0.2) is 0 Å². The summed E-state index contributed by atoms with van der Waals surface area (Å²) in [6.07, 6.45) is 2.88. The van der Waals surface area contributed by atoms with E-state index in [0.717, 1.165) is 32.1 Å². The number of rotatable bonds is 7. The first-order chi connectivity index (χ1) is 15.0. The molecule has 1 aliphatic carbocycles. The summed E-state index contributed by atoms with van der Waals surface area (Å²) in [5, 5.41) is 0. The maximum absolute atomic E-state index is 13.0. The van der Waals surface area contributed by atoms with E-state index in [1.54, 1.807) is 4.90 Å². The number of sulfonamides is 1. The Hall–Kier alpha value is -2.33. The molecule has 1 saturated carbocycles. The Morgan fingerprint density at radius 3 is 2.34 bits per heavy atom. The largest absolute Gasteiger partial charge is 0.465 e. The monoisotopic (exact) mass is 468 g/mol. The van der Waals surface area contributed by atoms with E-state index >= 15 is 0 Å². The van der Waals surface area contributed by atoms with Crippen LogP contribution in [0, 0.1) is 5.41 Å². The van der Waals surface area contributed by atoms with Crippen LogP contribution in [0.3, 0.4) is 0 Å². The first kappa shape index (κ1) is 24.3. The third kappa shape index (κ3) is 6.13. The minimum atomic E-state index is -3.97. The molecule has 0 bridgehead atoms. The highest BCUT2D eigenvalue weighted by Crippen LogP contribution is 2.33. The second kappa shape index (κ2) is 9.66. The zero-order chi connectivity index (χ0) is 23.5. The van der Waals surface area contributed by atoms with Crippen LogP contribution < -0.4 is 9.46 Å². The molecule has 1 atom stereocenters. The lowest BCUT2D eigenvalue weighted by atomic mass is 9.96. The van der Waals surface area contributed by atoms with Crippen LogP contribution in [0.15, 0.2) is 23.1 Å². The molecule has 2 aliphatic rings. The molecule has 32 heavy (non-hydrogen) atoms. The number of ether oxygens (including phenoxy) is 3. The van der Waals surface area contributed by atoms with Crippen molar-refractivity contribution in [3.05, 3.63) is 23.8 Å². The fraction of sp³-hybridized carbons (Fsp3) is 0.636. The van der Waals surface area contributed by atoms with Crippen molar-refractivity contribution < 1.29 is 32.2 Å². The van der Waals surface area contributed by atoms with Crippen molar-refractivity contribution in [1.29, 1.82) is 0 Å². The van der Waals surface area contributed by atoms with Crippen LogP contribution in [-0.2, 0) is 19.5 Å². The minimum absolute atomic E-state index is 0.00262. The summed E-state index contributed by atoms with van der Waals surface area (Å²) in [5.74, 6) is -0.666. The summed E-state index contributed by atoms with van der Waals surface area (Å²) >= 11 is 0. The number of esters is 1. The van der Waals surface area contributed by atoms with Crippen molar-refractivity contribution in [2.75, 3.05) is 20.2 Å². The van der Waals surface area contributed by atoms with E-state index in [-0.39, 0.29) is 22.3 Å². The third-order valence-corrected chi connectivity index (χ3v) is 6.86. The number of nitrogens with zero attached hydrogens (tertiary/aromatic N) is 1. The van der Waals surface area contributed by atoms with Gasteiger partial charge in [-0.25, -0.2) is 22.7 Å².